The van der Waals surface area contributed by atoms with Gasteiger partial charge in [-0.15, -0.1) is 0 Å². The first-order valence-electron chi connectivity index (χ1n) is 12.3. The fraction of sp³-hybridized carbons (Fsp3) is 0.192. The summed E-state index contributed by atoms with van der Waals surface area (Å²) in [5, 5.41) is 6.11. The molecule has 1 aliphatic heterocycles. The third-order valence-electron chi connectivity index (χ3n) is 6.25. The van der Waals surface area contributed by atoms with Crippen molar-refractivity contribution >= 4 is 43.0 Å². The molecule has 4 aromatic rings. The molecule has 2 atom stereocenters. The summed E-state index contributed by atoms with van der Waals surface area (Å²) in [6.45, 7) is 0. The third-order valence-corrected chi connectivity index (χ3v) is 9.44. The number of carboxylic acid groups (broad SMARTS) is 1. The fourth-order valence-electron chi connectivity index (χ4n) is 4.22. The Morgan fingerprint density at radius 2 is 1.70 bits per heavy atom. The molecule has 0 radical (unpaired) electrons. The molecule has 1 aromatic heterocycles. The van der Waals surface area contributed by atoms with Crippen molar-refractivity contribution in [2.45, 2.75) is 35.2 Å². The van der Waals surface area contributed by atoms with E-state index in [9.17, 15) is 43.6 Å². The Labute approximate surface area is 246 Å². The number of imidazole rings is 1. The molecule has 1 unspecified atom stereocenters. The number of rotatable bonds is 7. The van der Waals surface area contributed by atoms with E-state index in [4.69, 9.17) is 9.90 Å². The van der Waals surface area contributed by atoms with Crippen molar-refractivity contribution in [2.24, 2.45) is 0 Å². The second kappa shape index (κ2) is 12.3. The average molecular weight is 661 g/mol. The van der Waals surface area contributed by atoms with E-state index in [1.165, 1.54) is 0 Å². The Balaban J connectivity index is 0.000000566. The number of para-hydroxylation sites is 2. The van der Waals surface area contributed by atoms with E-state index in [0.717, 1.165) is 12.1 Å². The molecule has 5 rings (SSSR count). The lowest BCUT2D eigenvalue weighted by Gasteiger charge is -2.18. The van der Waals surface area contributed by atoms with Crippen LogP contribution in [0, 0.1) is 11.6 Å². The zero-order chi connectivity index (χ0) is 32.4. The monoisotopic (exact) mass is 660 g/mol. The van der Waals surface area contributed by atoms with Gasteiger partial charge in [0.05, 0.1) is 23.5 Å². The van der Waals surface area contributed by atoms with Crippen molar-refractivity contribution in [1.29, 1.82) is 0 Å². The molecular weight excluding hydrogens is 639 g/mol. The van der Waals surface area contributed by atoms with Crippen LogP contribution in [0.2, 0.25) is 0 Å². The number of hydrogen-bond acceptors (Lipinski definition) is 7. The summed E-state index contributed by atoms with van der Waals surface area (Å²) in [5.41, 5.74) is 2.24. The van der Waals surface area contributed by atoms with Crippen LogP contribution >= 0.6 is 0 Å². The predicted octanol–water partition coefficient (Wildman–Crippen LogP) is 3.63. The number of carbonyl (C=O) groups is 2. The first-order valence-corrected chi connectivity index (χ1v) is 15.3. The van der Waals surface area contributed by atoms with Gasteiger partial charge in [-0.05, 0) is 47.9 Å². The van der Waals surface area contributed by atoms with E-state index < -0.39 is 65.9 Å². The third kappa shape index (κ3) is 7.56. The molecule has 11 nitrogen and oxygen atoms in total. The molecule has 2 heterocycles. The number of sulfonamides is 2. The first kappa shape index (κ1) is 32.5. The van der Waals surface area contributed by atoms with Crippen molar-refractivity contribution in [3.63, 3.8) is 0 Å². The minimum Gasteiger partial charge on any atom is -0.475 e. The molecule has 0 bridgehead atoms. The van der Waals surface area contributed by atoms with Crippen molar-refractivity contribution in [2.75, 3.05) is 0 Å². The summed E-state index contributed by atoms with van der Waals surface area (Å²) in [5.74, 6) is -5.11. The molecule has 4 N–H and O–H groups in total. The van der Waals surface area contributed by atoms with Crippen LogP contribution in [0.1, 0.15) is 34.7 Å². The molecule has 44 heavy (non-hydrogen) atoms. The molecular formula is C26H21F5N4O7S2. The Hall–Kier alpha value is -4.42. The van der Waals surface area contributed by atoms with Crippen LogP contribution < -0.4 is 9.44 Å². The van der Waals surface area contributed by atoms with E-state index in [-0.39, 0.29) is 18.7 Å². The second-order valence-electron chi connectivity index (χ2n) is 9.40. The van der Waals surface area contributed by atoms with Crippen molar-refractivity contribution < 1.29 is 53.5 Å². The molecule has 234 valence electrons. The number of aromatic amines is 1. The van der Waals surface area contributed by atoms with Crippen molar-refractivity contribution in [3.05, 3.63) is 95.3 Å². The lowest BCUT2D eigenvalue weighted by Crippen LogP contribution is -2.31. The van der Waals surface area contributed by atoms with Gasteiger partial charge in [-0.1, -0.05) is 36.4 Å². The Morgan fingerprint density at radius 3 is 2.27 bits per heavy atom. The standard InChI is InChI=1S/C24H20F2N4O5S2.C2HF3O2/c25-16-9-10-17(26)22(12-16)37(34,35)29-20(24-27-18-3-1-2-4-19(18)28-24)11-14-5-7-15(8-6-14)21-13-23(31)30-36(21,32)33;3-2(4,5)1(6)7/h1-10,12,20-21,29H,11,13H2,(H,27,28)(H,30,31);(H,6,7)/t20-,21?;/m0./s1. The van der Waals surface area contributed by atoms with Gasteiger partial charge in [0.25, 0.3) is 0 Å². The maximum Gasteiger partial charge on any atom is 0.490 e. The summed E-state index contributed by atoms with van der Waals surface area (Å²) in [6, 6.07) is 14.5. The molecule has 1 saturated heterocycles. The second-order valence-corrected chi connectivity index (χ2v) is 12.9. The van der Waals surface area contributed by atoms with Crippen LogP contribution in [0.25, 0.3) is 11.0 Å². The van der Waals surface area contributed by atoms with Gasteiger partial charge in [-0.2, -0.15) is 13.2 Å². The Morgan fingerprint density at radius 1 is 1.07 bits per heavy atom. The normalized spacial score (nSPS) is 17.0. The van der Waals surface area contributed by atoms with E-state index in [1.54, 1.807) is 48.5 Å². The number of H-pyrrole nitrogens is 1. The summed E-state index contributed by atoms with van der Waals surface area (Å²) < 4.78 is 115. The molecule has 1 aliphatic rings. The van der Waals surface area contributed by atoms with Gasteiger partial charge in [0.15, 0.2) is 0 Å². The number of alkyl halides is 3. The lowest BCUT2D eigenvalue weighted by molar-refractivity contribution is -0.192. The number of aliphatic carboxylic acids is 1. The number of aromatic nitrogens is 2. The van der Waals surface area contributed by atoms with Crippen LogP contribution in [-0.4, -0.2) is 50.0 Å². The zero-order valence-corrected chi connectivity index (χ0v) is 23.6. The Bertz CT molecular complexity index is 1900. The quantitative estimate of drug-likeness (QED) is 0.217. The summed E-state index contributed by atoms with van der Waals surface area (Å²) in [4.78, 5) is 27.1. The minimum absolute atomic E-state index is 0.0465. The van der Waals surface area contributed by atoms with Gasteiger partial charge in [0.1, 0.15) is 27.6 Å². The lowest BCUT2D eigenvalue weighted by atomic mass is 10.0. The number of carbonyl (C=O) groups excluding carboxylic acids is 1. The number of halogens is 5. The highest BCUT2D eigenvalue weighted by Gasteiger charge is 2.39. The van der Waals surface area contributed by atoms with Crippen LogP contribution in [0.15, 0.2) is 71.6 Å². The van der Waals surface area contributed by atoms with Gasteiger partial charge >= 0.3 is 12.1 Å². The first-order chi connectivity index (χ1) is 20.5. The summed E-state index contributed by atoms with van der Waals surface area (Å²) >= 11 is 0. The maximum absolute atomic E-state index is 14.3. The van der Waals surface area contributed by atoms with Gasteiger partial charge in [0, 0.05) is 0 Å². The number of nitrogens with one attached hydrogen (secondary N) is 3. The van der Waals surface area contributed by atoms with E-state index in [0.29, 0.717) is 28.2 Å². The van der Waals surface area contributed by atoms with Gasteiger partial charge in [-0.25, -0.2) is 40.1 Å². The molecule has 3 aromatic carbocycles. The fourth-order valence-corrected chi connectivity index (χ4v) is 6.93. The number of hydrogen-bond donors (Lipinski definition) is 4. The number of nitrogens with zero attached hydrogens (tertiary/aromatic N) is 1. The molecule has 0 saturated carbocycles. The topological polar surface area (TPSA) is 175 Å². The highest BCUT2D eigenvalue weighted by molar-refractivity contribution is 7.90. The largest absolute Gasteiger partial charge is 0.490 e. The number of benzene rings is 3. The maximum atomic E-state index is 14.3. The smallest absolute Gasteiger partial charge is 0.475 e. The molecule has 1 amide bonds. The van der Waals surface area contributed by atoms with Crippen LogP contribution in [0.4, 0.5) is 22.0 Å². The van der Waals surface area contributed by atoms with Gasteiger partial charge < -0.3 is 10.1 Å². The molecule has 0 spiro atoms. The number of fused-ring (bicyclic) bond motifs is 1. The Kier molecular flexibility index (Phi) is 9.08. The summed E-state index contributed by atoms with van der Waals surface area (Å²) in [6.07, 6.45) is -5.23. The SMILES string of the molecule is O=C(O)C(F)(F)F.O=C1CC(c2ccc(C[C@H](NS(=O)(=O)c3cc(F)ccc3F)c3nc4ccccc4[nH]3)cc2)S(=O)(=O)N1. The highest BCUT2D eigenvalue weighted by atomic mass is 32.2. The predicted molar refractivity (Wildman–Crippen MR) is 144 cm³/mol. The van der Waals surface area contributed by atoms with Crippen molar-refractivity contribution in [1.82, 2.24) is 19.4 Å². The van der Waals surface area contributed by atoms with Crippen LogP contribution in [0.3, 0.4) is 0 Å². The number of carboxylic acids is 1. The van der Waals surface area contributed by atoms with Gasteiger partial charge in [-0.3, -0.25) is 9.52 Å². The zero-order valence-electron chi connectivity index (χ0n) is 22.0. The van der Waals surface area contributed by atoms with E-state index in [2.05, 4.69) is 14.7 Å². The molecule has 0 aliphatic carbocycles. The van der Waals surface area contributed by atoms with Gasteiger partial charge in [0.2, 0.25) is 26.0 Å². The van der Waals surface area contributed by atoms with Crippen LogP contribution in [0.5, 0.6) is 0 Å². The highest BCUT2D eigenvalue weighted by Crippen LogP contribution is 2.31. The number of amides is 1. The minimum atomic E-state index is -5.08. The van der Waals surface area contributed by atoms with E-state index >= 15 is 0 Å². The molecule has 18 heteroatoms. The average Bonchev–Trinajstić information content (AvgIpc) is 3.49. The van der Waals surface area contributed by atoms with Crippen LogP contribution in [-0.2, 0) is 36.1 Å². The van der Waals surface area contributed by atoms with E-state index in [1.807, 2.05) is 4.72 Å². The van der Waals surface area contributed by atoms with Crippen molar-refractivity contribution in [3.8, 4) is 0 Å². The molecule has 1 fully saturated rings. The summed E-state index contributed by atoms with van der Waals surface area (Å²) in [7, 11) is -8.33.